The first kappa shape index (κ1) is 22.3. The van der Waals surface area contributed by atoms with Crippen LogP contribution >= 0.6 is 0 Å². The van der Waals surface area contributed by atoms with E-state index in [2.05, 4.69) is 26.3 Å². The van der Waals surface area contributed by atoms with Gasteiger partial charge in [-0.15, -0.1) is 0 Å². The Balaban J connectivity index is 1.16. The zero-order chi connectivity index (χ0) is 21.3. The molecule has 1 aliphatic carbocycles. The van der Waals surface area contributed by atoms with Gasteiger partial charge in [0, 0.05) is 45.6 Å². The quantitative estimate of drug-likeness (QED) is 0.527. The monoisotopic (exact) mass is 430 g/mol. The minimum atomic E-state index is 0.296. The molecule has 0 amide bonds. The zero-order valence-electron chi connectivity index (χ0n) is 18.9. The topological polar surface area (TPSA) is 68.2 Å². The van der Waals surface area contributed by atoms with Gasteiger partial charge in [0.15, 0.2) is 5.96 Å². The minimum Gasteiger partial charge on any atom is -0.474 e. The molecule has 7 nitrogen and oxygen atoms in total. The molecular formula is C24H38N4O3. The maximum atomic E-state index is 6.14. The lowest BCUT2D eigenvalue weighted by Gasteiger charge is -2.35. The van der Waals surface area contributed by atoms with E-state index in [4.69, 9.17) is 14.2 Å². The van der Waals surface area contributed by atoms with Gasteiger partial charge in [0.05, 0.1) is 18.8 Å². The summed E-state index contributed by atoms with van der Waals surface area (Å²) in [6.45, 7) is 4.26. The lowest BCUT2D eigenvalue weighted by Crippen LogP contribution is -2.47. The summed E-state index contributed by atoms with van der Waals surface area (Å²) in [5, 5.41) is 3.48. The molecule has 3 heterocycles. The highest BCUT2D eigenvalue weighted by molar-refractivity contribution is 5.79. The van der Waals surface area contributed by atoms with Gasteiger partial charge in [0.1, 0.15) is 6.10 Å². The molecule has 0 bridgehead atoms. The maximum Gasteiger partial charge on any atom is 0.213 e. The van der Waals surface area contributed by atoms with Crippen LogP contribution < -0.4 is 10.1 Å². The van der Waals surface area contributed by atoms with Gasteiger partial charge in [-0.1, -0.05) is 6.07 Å². The second-order valence-corrected chi connectivity index (χ2v) is 8.94. The molecule has 3 aliphatic rings. The Kier molecular flexibility index (Phi) is 8.41. The highest BCUT2D eigenvalue weighted by Gasteiger charge is 2.24. The van der Waals surface area contributed by atoms with E-state index in [0.29, 0.717) is 24.9 Å². The molecule has 1 unspecified atom stereocenters. The fourth-order valence-electron chi connectivity index (χ4n) is 4.69. The average Bonchev–Trinajstić information content (AvgIpc) is 3.34. The second kappa shape index (κ2) is 11.7. The second-order valence-electron chi connectivity index (χ2n) is 8.94. The highest BCUT2D eigenvalue weighted by atomic mass is 16.5. The van der Waals surface area contributed by atoms with Crippen LogP contribution in [0.15, 0.2) is 23.3 Å². The third-order valence-electron chi connectivity index (χ3n) is 6.58. The summed E-state index contributed by atoms with van der Waals surface area (Å²) in [6, 6.07) is 4.07. The molecule has 7 heteroatoms. The predicted octanol–water partition coefficient (Wildman–Crippen LogP) is 3.53. The van der Waals surface area contributed by atoms with Crippen LogP contribution in [0.4, 0.5) is 0 Å². The third-order valence-corrected chi connectivity index (χ3v) is 6.58. The van der Waals surface area contributed by atoms with E-state index in [0.717, 1.165) is 75.8 Å². The number of aliphatic imine (C=N–C) groups is 1. The number of likely N-dealkylation sites (tertiary alicyclic amines) is 1. The number of guanidine groups is 1. The van der Waals surface area contributed by atoms with Gasteiger partial charge in [-0.05, 0) is 63.4 Å². The summed E-state index contributed by atoms with van der Waals surface area (Å²) in [7, 11) is 1.85. The van der Waals surface area contributed by atoms with Crippen molar-refractivity contribution >= 4 is 5.96 Å². The molecule has 0 radical (unpaired) electrons. The molecule has 1 aromatic rings. The van der Waals surface area contributed by atoms with Gasteiger partial charge in [-0.3, -0.25) is 4.99 Å². The van der Waals surface area contributed by atoms with Crippen molar-refractivity contribution in [3.63, 3.8) is 0 Å². The Morgan fingerprint density at radius 1 is 1.10 bits per heavy atom. The Morgan fingerprint density at radius 2 is 1.90 bits per heavy atom. The van der Waals surface area contributed by atoms with Crippen molar-refractivity contribution in [3.05, 3.63) is 23.9 Å². The smallest absolute Gasteiger partial charge is 0.213 e. The molecule has 0 aromatic carbocycles. The van der Waals surface area contributed by atoms with Crippen molar-refractivity contribution in [2.24, 2.45) is 4.99 Å². The van der Waals surface area contributed by atoms with Crippen LogP contribution in [-0.2, 0) is 16.0 Å². The van der Waals surface area contributed by atoms with Gasteiger partial charge in [0.25, 0.3) is 0 Å². The maximum absolute atomic E-state index is 6.14. The van der Waals surface area contributed by atoms with E-state index in [-0.39, 0.29) is 0 Å². The first-order valence-electron chi connectivity index (χ1n) is 12.1. The average molecular weight is 431 g/mol. The van der Waals surface area contributed by atoms with Crippen LogP contribution in [0.5, 0.6) is 5.88 Å². The first-order chi connectivity index (χ1) is 15.3. The lowest BCUT2D eigenvalue weighted by molar-refractivity contribution is -0.0721. The molecule has 4 rings (SSSR count). The van der Waals surface area contributed by atoms with Crippen molar-refractivity contribution in [2.45, 2.75) is 82.6 Å². The first-order valence-corrected chi connectivity index (χ1v) is 12.1. The number of hydrogen-bond donors (Lipinski definition) is 1. The Labute approximate surface area is 186 Å². The third kappa shape index (κ3) is 6.81. The van der Waals surface area contributed by atoms with Crippen molar-refractivity contribution in [3.8, 4) is 5.88 Å². The predicted molar refractivity (Wildman–Crippen MR) is 121 cm³/mol. The summed E-state index contributed by atoms with van der Waals surface area (Å²) >= 11 is 0. The van der Waals surface area contributed by atoms with Gasteiger partial charge >= 0.3 is 0 Å². The number of piperidine rings is 1. The molecule has 0 spiro atoms. The summed E-state index contributed by atoms with van der Waals surface area (Å²) < 4.78 is 17.9. The van der Waals surface area contributed by atoms with Gasteiger partial charge in [-0.2, -0.15) is 0 Å². The lowest BCUT2D eigenvalue weighted by atomic mass is 10.1. The number of pyridine rings is 1. The fourth-order valence-corrected chi connectivity index (χ4v) is 4.69. The molecule has 1 aromatic heterocycles. The van der Waals surface area contributed by atoms with E-state index in [9.17, 15) is 0 Å². The van der Waals surface area contributed by atoms with Gasteiger partial charge in [-0.25, -0.2) is 4.98 Å². The van der Waals surface area contributed by atoms with E-state index in [1.807, 2.05) is 19.3 Å². The van der Waals surface area contributed by atoms with E-state index in [1.54, 1.807) is 0 Å². The number of nitrogens with one attached hydrogen (secondary N) is 1. The van der Waals surface area contributed by atoms with Crippen molar-refractivity contribution in [1.29, 1.82) is 0 Å². The normalized spacial score (nSPS) is 23.8. The van der Waals surface area contributed by atoms with Crippen LogP contribution in [0.1, 0.15) is 63.4 Å². The number of rotatable bonds is 7. The Morgan fingerprint density at radius 3 is 2.58 bits per heavy atom. The van der Waals surface area contributed by atoms with Crippen LogP contribution in [0, 0.1) is 0 Å². The van der Waals surface area contributed by atoms with Gasteiger partial charge in [0.2, 0.25) is 5.88 Å². The molecule has 3 fully saturated rings. The standard InChI is InChI=1S/C24H38N4O3/c1-25-24(27-17-19-9-10-23(26-16-19)31-21-6-2-3-7-21)28-13-11-20(12-14-28)30-18-22-8-4-5-15-29-22/h9-10,16,20-22H,2-8,11-15,17-18H2,1H3,(H,25,27). The molecule has 172 valence electrons. The number of ether oxygens (including phenoxy) is 3. The van der Waals surface area contributed by atoms with Crippen LogP contribution in [0.2, 0.25) is 0 Å². The molecule has 2 aliphatic heterocycles. The fraction of sp³-hybridized carbons (Fsp3) is 0.750. The highest BCUT2D eigenvalue weighted by Crippen LogP contribution is 2.23. The Bertz CT molecular complexity index is 677. The van der Waals surface area contributed by atoms with Crippen molar-refractivity contribution in [2.75, 3.05) is 33.4 Å². The van der Waals surface area contributed by atoms with Crippen molar-refractivity contribution < 1.29 is 14.2 Å². The number of aromatic nitrogens is 1. The number of hydrogen-bond acceptors (Lipinski definition) is 5. The summed E-state index contributed by atoms with van der Waals surface area (Å²) in [4.78, 5) is 11.3. The van der Waals surface area contributed by atoms with Gasteiger partial charge < -0.3 is 24.4 Å². The largest absolute Gasteiger partial charge is 0.474 e. The zero-order valence-corrected chi connectivity index (χ0v) is 18.9. The summed E-state index contributed by atoms with van der Waals surface area (Å²) in [5.41, 5.74) is 1.13. The molecule has 1 N–H and O–H groups in total. The molecule has 1 atom stereocenters. The van der Waals surface area contributed by atoms with Crippen molar-refractivity contribution in [1.82, 2.24) is 15.2 Å². The van der Waals surface area contributed by atoms with Crippen LogP contribution in [-0.4, -0.2) is 67.5 Å². The SMILES string of the molecule is CN=C(NCc1ccc(OC2CCCC2)nc1)N1CCC(OCC2CCCCO2)CC1. The molecule has 31 heavy (non-hydrogen) atoms. The molecular weight excluding hydrogens is 392 g/mol. The van der Waals surface area contributed by atoms with Crippen LogP contribution in [0.3, 0.4) is 0 Å². The Hall–Kier alpha value is -1.86. The summed E-state index contributed by atoms with van der Waals surface area (Å²) in [6.07, 6.45) is 13.4. The molecule has 2 saturated heterocycles. The molecule has 1 saturated carbocycles. The van der Waals surface area contributed by atoms with E-state index < -0.39 is 0 Å². The number of nitrogens with zero attached hydrogens (tertiary/aromatic N) is 3. The summed E-state index contributed by atoms with van der Waals surface area (Å²) in [5.74, 6) is 1.68. The minimum absolute atomic E-state index is 0.296. The van der Waals surface area contributed by atoms with Crippen LogP contribution in [0.25, 0.3) is 0 Å². The van der Waals surface area contributed by atoms with E-state index in [1.165, 1.54) is 25.7 Å². The van der Waals surface area contributed by atoms with E-state index >= 15 is 0 Å².